The van der Waals surface area contributed by atoms with E-state index in [2.05, 4.69) is 79.9 Å². The second-order valence-corrected chi connectivity index (χ2v) is 22.7. The molecule has 0 spiro atoms. The standard InChI is InChI=1S/C62H115N2O6P/c1-6-8-10-12-14-16-18-20-21-22-23-24-25-26-27-28-29-30-31-32-33-34-35-36-37-38-39-40-41-42-43-44-46-48-50-52-54-56-62(66)63-60(59-70-71(67,68)69-58-57-64(3,4)5)61(65)55-53-51-49-47-45-19-17-15-13-11-9-7-2/h8,10,14,16,20-21,23-24,26-27,53,55,60-61,65H,6-7,9,11-13,15,17-19,22,25,28-52,54,56-59H2,1-5H3,(H-,63,66,67,68)/b10-8-,16-14-,21-20-,24-23-,27-26-,55-53+. The maximum atomic E-state index is 12.9. The van der Waals surface area contributed by atoms with Crippen molar-refractivity contribution in [3.63, 3.8) is 0 Å². The van der Waals surface area contributed by atoms with Gasteiger partial charge in [0.15, 0.2) is 0 Å². The van der Waals surface area contributed by atoms with E-state index in [-0.39, 0.29) is 19.1 Å². The second-order valence-electron chi connectivity index (χ2n) is 21.3. The summed E-state index contributed by atoms with van der Waals surface area (Å²) in [5.74, 6) is -0.196. The number of phosphoric acid groups is 1. The van der Waals surface area contributed by atoms with Crippen LogP contribution < -0.4 is 10.2 Å². The van der Waals surface area contributed by atoms with E-state index in [1.807, 2.05) is 27.2 Å². The fraction of sp³-hybridized carbons (Fsp3) is 0.790. The molecule has 8 nitrogen and oxygen atoms in total. The fourth-order valence-corrected chi connectivity index (χ4v) is 9.26. The van der Waals surface area contributed by atoms with Gasteiger partial charge in [-0.3, -0.25) is 9.36 Å². The molecule has 3 atom stereocenters. The molecule has 0 heterocycles. The zero-order valence-corrected chi connectivity index (χ0v) is 48.1. The molecule has 0 aromatic rings. The Bertz CT molecular complexity index is 1380. The van der Waals surface area contributed by atoms with Crippen LogP contribution >= 0.6 is 7.82 Å². The maximum Gasteiger partial charge on any atom is 0.268 e. The van der Waals surface area contributed by atoms with Gasteiger partial charge >= 0.3 is 0 Å². The number of unbranched alkanes of at least 4 members (excludes halogenated alkanes) is 31. The van der Waals surface area contributed by atoms with Crippen LogP contribution in [0.25, 0.3) is 0 Å². The molecule has 0 aromatic carbocycles. The number of aliphatic hydroxyl groups is 1. The molecule has 0 radical (unpaired) electrons. The molecule has 0 aliphatic heterocycles. The molecule has 3 unspecified atom stereocenters. The Labute approximate surface area is 440 Å². The molecule has 0 saturated heterocycles. The normalized spacial score (nSPS) is 14.4. The van der Waals surface area contributed by atoms with Gasteiger partial charge in [0.2, 0.25) is 5.91 Å². The van der Waals surface area contributed by atoms with E-state index < -0.39 is 20.0 Å². The number of hydrogen-bond donors (Lipinski definition) is 2. The summed E-state index contributed by atoms with van der Waals surface area (Å²) < 4.78 is 23.3. The van der Waals surface area contributed by atoms with Crippen LogP contribution in [0.5, 0.6) is 0 Å². The van der Waals surface area contributed by atoms with Gasteiger partial charge in [-0.1, -0.05) is 267 Å². The molecule has 0 aliphatic rings. The Hall–Kier alpha value is -2.06. The third kappa shape index (κ3) is 55.5. The third-order valence-corrected chi connectivity index (χ3v) is 14.1. The van der Waals surface area contributed by atoms with Gasteiger partial charge in [-0.25, -0.2) is 0 Å². The number of nitrogens with one attached hydrogen (secondary N) is 1. The van der Waals surface area contributed by atoms with Crippen LogP contribution in [0, 0.1) is 0 Å². The monoisotopic (exact) mass is 1010 g/mol. The van der Waals surface area contributed by atoms with Gasteiger partial charge in [0, 0.05) is 6.42 Å². The first-order valence-electron chi connectivity index (χ1n) is 29.8. The molecule has 414 valence electrons. The SMILES string of the molecule is CC/C=C\C/C=C\C/C=C\C/C=C\C/C=C\CCCCCCCCCCCCCCCCCCCCCCCC(=O)NC(COP(=O)([O-])OCC[N+](C)(C)C)C(O)/C=C/CCCCCCCCCCCC. The van der Waals surface area contributed by atoms with E-state index in [9.17, 15) is 19.4 Å². The number of phosphoric ester groups is 1. The summed E-state index contributed by atoms with van der Waals surface area (Å²) in [6, 6.07) is -0.886. The Morgan fingerprint density at radius 2 is 0.859 bits per heavy atom. The number of amides is 1. The Balaban J connectivity index is 3.93. The van der Waals surface area contributed by atoms with E-state index in [0.717, 1.165) is 70.6 Å². The smallest absolute Gasteiger partial charge is 0.268 e. The van der Waals surface area contributed by atoms with Crippen LogP contribution in [-0.4, -0.2) is 68.5 Å². The summed E-state index contributed by atoms with van der Waals surface area (Å²) in [6.07, 6.45) is 72.9. The van der Waals surface area contributed by atoms with E-state index in [0.29, 0.717) is 17.4 Å². The molecule has 0 rings (SSSR count). The molecule has 2 N–H and O–H groups in total. The summed E-state index contributed by atoms with van der Waals surface area (Å²) in [5, 5.41) is 13.8. The Morgan fingerprint density at radius 1 is 0.507 bits per heavy atom. The van der Waals surface area contributed by atoms with Gasteiger partial charge in [0.05, 0.1) is 39.9 Å². The second kappa shape index (κ2) is 52.8. The van der Waals surface area contributed by atoms with Gasteiger partial charge < -0.3 is 28.8 Å². The number of likely N-dealkylation sites (N-methyl/N-ethyl adjacent to an activating group) is 1. The lowest BCUT2D eigenvalue weighted by atomic mass is 10.0. The lowest BCUT2D eigenvalue weighted by molar-refractivity contribution is -0.870. The zero-order valence-electron chi connectivity index (χ0n) is 47.2. The summed E-state index contributed by atoms with van der Waals surface area (Å²) >= 11 is 0. The Kier molecular flexibility index (Phi) is 51.3. The summed E-state index contributed by atoms with van der Waals surface area (Å²) in [5.41, 5.74) is 0. The first kappa shape index (κ1) is 68.9. The molecule has 0 aromatic heterocycles. The van der Waals surface area contributed by atoms with Gasteiger partial charge in [0.1, 0.15) is 13.2 Å². The summed E-state index contributed by atoms with van der Waals surface area (Å²) in [7, 11) is 1.26. The quantitative estimate of drug-likeness (QED) is 0.0272. The minimum atomic E-state index is -4.59. The molecule has 1 amide bonds. The lowest BCUT2D eigenvalue weighted by Crippen LogP contribution is -2.45. The van der Waals surface area contributed by atoms with E-state index in [1.165, 1.54) is 173 Å². The fourth-order valence-electron chi connectivity index (χ4n) is 8.53. The molecular formula is C62H115N2O6P. The van der Waals surface area contributed by atoms with Crippen molar-refractivity contribution in [1.29, 1.82) is 0 Å². The number of carbonyl (C=O) groups is 1. The van der Waals surface area contributed by atoms with Crippen molar-refractivity contribution in [3.8, 4) is 0 Å². The van der Waals surface area contributed by atoms with Crippen LogP contribution in [0.15, 0.2) is 72.9 Å². The number of hydrogen-bond acceptors (Lipinski definition) is 6. The molecular weight excluding hydrogens is 900 g/mol. The van der Waals surface area contributed by atoms with Crippen molar-refractivity contribution in [2.24, 2.45) is 0 Å². The number of aliphatic hydroxyl groups excluding tert-OH is 1. The van der Waals surface area contributed by atoms with Crippen LogP contribution in [0.2, 0.25) is 0 Å². The topological polar surface area (TPSA) is 108 Å². The predicted octanol–water partition coefficient (Wildman–Crippen LogP) is 17.6. The summed E-state index contributed by atoms with van der Waals surface area (Å²) in [6.45, 7) is 4.54. The van der Waals surface area contributed by atoms with Crippen molar-refractivity contribution in [2.45, 2.75) is 276 Å². The van der Waals surface area contributed by atoms with Crippen molar-refractivity contribution >= 4 is 13.7 Å². The number of carbonyl (C=O) groups excluding carboxylic acids is 1. The summed E-state index contributed by atoms with van der Waals surface area (Å²) in [4.78, 5) is 25.4. The zero-order chi connectivity index (χ0) is 52.0. The van der Waals surface area contributed by atoms with Crippen LogP contribution in [0.1, 0.15) is 264 Å². The highest BCUT2D eigenvalue weighted by Gasteiger charge is 2.23. The van der Waals surface area contributed by atoms with Crippen molar-refractivity contribution in [1.82, 2.24) is 5.32 Å². The van der Waals surface area contributed by atoms with Crippen LogP contribution in [0.4, 0.5) is 0 Å². The number of rotatable bonds is 54. The largest absolute Gasteiger partial charge is 0.756 e. The van der Waals surface area contributed by atoms with Gasteiger partial charge in [-0.15, -0.1) is 0 Å². The minimum Gasteiger partial charge on any atom is -0.756 e. The number of allylic oxidation sites excluding steroid dienone is 11. The first-order valence-corrected chi connectivity index (χ1v) is 31.3. The minimum absolute atomic E-state index is 0.00113. The number of nitrogens with zero attached hydrogens (tertiary/aromatic N) is 1. The van der Waals surface area contributed by atoms with Crippen molar-refractivity contribution in [3.05, 3.63) is 72.9 Å². The maximum absolute atomic E-state index is 12.9. The van der Waals surface area contributed by atoms with Crippen LogP contribution in [-0.2, 0) is 18.4 Å². The van der Waals surface area contributed by atoms with E-state index in [1.54, 1.807) is 6.08 Å². The molecule has 0 saturated carbocycles. The number of quaternary nitrogens is 1. The highest BCUT2D eigenvalue weighted by Crippen LogP contribution is 2.38. The van der Waals surface area contributed by atoms with Crippen molar-refractivity contribution < 1.29 is 32.9 Å². The predicted molar refractivity (Wildman–Crippen MR) is 307 cm³/mol. The molecule has 9 heteroatoms. The van der Waals surface area contributed by atoms with E-state index in [4.69, 9.17) is 9.05 Å². The highest BCUT2D eigenvalue weighted by molar-refractivity contribution is 7.45. The van der Waals surface area contributed by atoms with Gasteiger partial charge in [-0.05, 0) is 64.2 Å². The molecule has 0 bridgehead atoms. The van der Waals surface area contributed by atoms with Gasteiger partial charge in [0.25, 0.3) is 7.82 Å². The highest BCUT2D eigenvalue weighted by atomic mass is 31.2. The lowest BCUT2D eigenvalue weighted by Gasteiger charge is -2.29. The molecule has 0 fully saturated rings. The van der Waals surface area contributed by atoms with Crippen molar-refractivity contribution in [2.75, 3.05) is 40.9 Å². The molecule has 0 aliphatic carbocycles. The average Bonchev–Trinajstić information content (AvgIpc) is 3.33. The van der Waals surface area contributed by atoms with Crippen LogP contribution in [0.3, 0.4) is 0 Å². The third-order valence-electron chi connectivity index (χ3n) is 13.2. The van der Waals surface area contributed by atoms with E-state index >= 15 is 0 Å². The first-order chi connectivity index (χ1) is 34.5. The Morgan fingerprint density at radius 3 is 1.25 bits per heavy atom. The van der Waals surface area contributed by atoms with Gasteiger partial charge in [-0.2, -0.15) is 0 Å². The molecule has 71 heavy (non-hydrogen) atoms. The average molecular weight is 1020 g/mol.